The van der Waals surface area contributed by atoms with Crippen LogP contribution in [-0.2, 0) is 15.4 Å². The zero-order valence-corrected chi connectivity index (χ0v) is 20.5. The van der Waals surface area contributed by atoms with E-state index in [1.54, 1.807) is 20.8 Å². The molecule has 2 aromatic carbocycles. The first-order valence-corrected chi connectivity index (χ1v) is 13.1. The second-order valence-corrected chi connectivity index (χ2v) is 15.4. The van der Waals surface area contributed by atoms with Gasteiger partial charge in [-0.15, -0.1) is 0 Å². The summed E-state index contributed by atoms with van der Waals surface area (Å²) in [6.45, 7) is 12.0. The highest BCUT2D eigenvalue weighted by atomic mass is 32.2. The number of benzene rings is 2. The molecule has 1 atom stereocenters. The van der Waals surface area contributed by atoms with Crippen LogP contribution in [0.15, 0.2) is 77.0 Å². The third kappa shape index (κ3) is 5.83. The highest BCUT2D eigenvalue weighted by molar-refractivity contribution is 7.85. The van der Waals surface area contributed by atoms with Gasteiger partial charge in [-0.1, -0.05) is 81.4 Å². The van der Waals surface area contributed by atoms with Crippen molar-refractivity contribution in [1.82, 2.24) is 0 Å². The maximum absolute atomic E-state index is 14.3. The van der Waals surface area contributed by atoms with Crippen molar-refractivity contribution in [3.8, 4) is 0 Å². The highest BCUT2D eigenvalue weighted by Crippen LogP contribution is 2.36. The van der Waals surface area contributed by atoms with Gasteiger partial charge in [0.2, 0.25) is 0 Å². The van der Waals surface area contributed by atoms with Crippen LogP contribution < -0.4 is 10.4 Å². The Kier molecular flexibility index (Phi) is 8.08. The molecule has 0 aliphatic heterocycles. The Morgan fingerprint density at radius 1 is 0.967 bits per heavy atom. The van der Waals surface area contributed by atoms with Gasteiger partial charge in [-0.05, 0) is 42.3 Å². The van der Waals surface area contributed by atoms with E-state index in [0.717, 1.165) is 16.6 Å². The van der Waals surface area contributed by atoms with Crippen LogP contribution in [0.25, 0.3) is 0 Å². The molecule has 2 aromatic rings. The summed E-state index contributed by atoms with van der Waals surface area (Å²) in [6, 6.07) is 20.4. The largest absolute Gasteiger partial charge is 0.404 e. The minimum atomic E-state index is -2.71. The van der Waals surface area contributed by atoms with Crippen molar-refractivity contribution in [2.75, 3.05) is 6.61 Å². The first-order chi connectivity index (χ1) is 14.0. The standard InChI is InChI=1S/C24H32FNO2SSi/c1-23(2,3)29(27)26-19-20(25)17-18-28-30(24(4,5)6,21-13-9-7-10-14-21)22-15-11-8-12-16-22/h7-17,19H,18H2,1-6H3/b20-17-,26-19+/t29-/m1/s1. The van der Waals surface area contributed by atoms with Crippen molar-refractivity contribution in [2.24, 2.45) is 4.40 Å². The third-order valence-corrected chi connectivity index (χ3v) is 11.1. The molecule has 0 amide bonds. The van der Waals surface area contributed by atoms with Crippen LogP contribution in [0.3, 0.4) is 0 Å². The van der Waals surface area contributed by atoms with E-state index in [1.807, 2.05) is 36.4 Å². The van der Waals surface area contributed by atoms with E-state index in [4.69, 9.17) is 4.43 Å². The lowest BCUT2D eigenvalue weighted by molar-refractivity contribution is 0.337. The molecule has 0 aliphatic carbocycles. The van der Waals surface area contributed by atoms with Gasteiger partial charge in [0.1, 0.15) is 16.8 Å². The van der Waals surface area contributed by atoms with Crippen LogP contribution in [0, 0.1) is 0 Å². The van der Waals surface area contributed by atoms with E-state index in [2.05, 4.69) is 49.4 Å². The van der Waals surface area contributed by atoms with Gasteiger partial charge in [-0.3, -0.25) is 0 Å². The first-order valence-electron chi connectivity index (χ1n) is 10.1. The third-order valence-electron chi connectivity index (χ3n) is 4.79. The molecule has 0 radical (unpaired) electrons. The summed E-state index contributed by atoms with van der Waals surface area (Å²) in [5, 5.41) is 2.10. The molecule has 0 aliphatic rings. The van der Waals surface area contributed by atoms with E-state index >= 15 is 0 Å². The van der Waals surface area contributed by atoms with Crippen molar-refractivity contribution in [3.05, 3.63) is 72.6 Å². The van der Waals surface area contributed by atoms with Crippen LogP contribution in [-0.4, -0.2) is 30.1 Å². The van der Waals surface area contributed by atoms with Crippen molar-refractivity contribution < 1.29 is 13.0 Å². The van der Waals surface area contributed by atoms with Crippen molar-refractivity contribution in [3.63, 3.8) is 0 Å². The molecule has 162 valence electrons. The Morgan fingerprint density at radius 2 is 1.43 bits per heavy atom. The molecule has 0 N–H and O–H groups in total. The lowest BCUT2D eigenvalue weighted by Gasteiger charge is -2.42. The summed E-state index contributed by atoms with van der Waals surface area (Å²) in [4.78, 5) is 0. The van der Waals surface area contributed by atoms with E-state index in [9.17, 15) is 8.60 Å². The zero-order valence-electron chi connectivity index (χ0n) is 18.7. The normalized spacial score (nSPS) is 14.8. The Hall–Kier alpha value is -1.89. The van der Waals surface area contributed by atoms with Gasteiger partial charge in [-0.2, -0.15) is 4.40 Å². The predicted octanol–water partition coefficient (Wildman–Crippen LogP) is 4.95. The molecule has 0 fully saturated rings. The average Bonchev–Trinajstić information content (AvgIpc) is 2.69. The second kappa shape index (κ2) is 9.94. The number of hydrogen-bond acceptors (Lipinski definition) is 2. The Morgan fingerprint density at radius 3 is 1.83 bits per heavy atom. The summed E-state index contributed by atoms with van der Waals surface area (Å²) in [6.07, 6.45) is 2.39. The SMILES string of the molecule is CC(C)(C)[S@@](=O)/N=C/C(F)=C/CO[Si](c1ccccc1)(c1ccccc1)C(C)(C)C. The lowest BCUT2D eigenvalue weighted by Crippen LogP contribution is -2.66. The molecule has 30 heavy (non-hydrogen) atoms. The Balaban J connectivity index is 2.38. The molecule has 0 saturated carbocycles. The van der Waals surface area contributed by atoms with Gasteiger partial charge in [0.15, 0.2) is 0 Å². The molecule has 0 spiro atoms. The number of halogens is 1. The van der Waals surface area contributed by atoms with Gasteiger partial charge in [0.25, 0.3) is 8.32 Å². The maximum atomic E-state index is 14.3. The Labute approximate surface area is 183 Å². The molecular formula is C24H32FNO2SSi. The molecule has 0 aromatic heterocycles. The van der Waals surface area contributed by atoms with Crippen LogP contribution in [0.2, 0.25) is 5.04 Å². The van der Waals surface area contributed by atoms with E-state index in [1.165, 1.54) is 6.08 Å². The lowest BCUT2D eigenvalue weighted by atomic mass is 10.2. The topological polar surface area (TPSA) is 38.7 Å². The van der Waals surface area contributed by atoms with Crippen molar-refractivity contribution >= 4 is 35.9 Å². The van der Waals surface area contributed by atoms with Crippen LogP contribution in [0.5, 0.6) is 0 Å². The second-order valence-electron chi connectivity index (χ2n) is 9.16. The smallest absolute Gasteiger partial charge is 0.261 e. The molecule has 3 nitrogen and oxygen atoms in total. The minimum Gasteiger partial charge on any atom is -0.404 e. The molecule has 0 bridgehead atoms. The number of rotatable bonds is 7. The zero-order chi connectivity index (χ0) is 22.4. The predicted molar refractivity (Wildman–Crippen MR) is 129 cm³/mol. The van der Waals surface area contributed by atoms with Gasteiger partial charge < -0.3 is 4.43 Å². The van der Waals surface area contributed by atoms with E-state index in [-0.39, 0.29) is 11.6 Å². The van der Waals surface area contributed by atoms with E-state index in [0.29, 0.717) is 0 Å². The molecule has 2 rings (SSSR count). The fourth-order valence-corrected chi connectivity index (χ4v) is 8.32. The van der Waals surface area contributed by atoms with Crippen LogP contribution >= 0.6 is 0 Å². The number of hydrogen-bond donors (Lipinski definition) is 0. The highest BCUT2D eigenvalue weighted by Gasteiger charge is 2.49. The monoisotopic (exact) mass is 445 g/mol. The molecular weight excluding hydrogens is 413 g/mol. The summed E-state index contributed by atoms with van der Waals surface area (Å²) < 4.78 is 36.2. The van der Waals surface area contributed by atoms with Gasteiger partial charge in [0, 0.05) is 0 Å². The summed E-state index contributed by atoms with van der Waals surface area (Å²) in [5.74, 6) is -0.550. The van der Waals surface area contributed by atoms with Crippen molar-refractivity contribution in [1.29, 1.82) is 0 Å². The van der Waals surface area contributed by atoms with Gasteiger partial charge in [0.05, 0.1) is 17.6 Å². The Bertz CT molecular complexity index is 861. The molecule has 0 heterocycles. The fraction of sp³-hybridized carbons (Fsp3) is 0.375. The van der Waals surface area contributed by atoms with Crippen LogP contribution in [0.1, 0.15) is 41.5 Å². The number of nitrogens with zero attached hydrogens (tertiary/aromatic N) is 1. The van der Waals surface area contributed by atoms with Crippen LogP contribution in [0.4, 0.5) is 4.39 Å². The first kappa shape index (κ1) is 24.4. The number of allylic oxidation sites excluding steroid dienone is 1. The molecule has 0 saturated heterocycles. The van der Waals surface area contributed by atoms with E-state index < -0.39 is 29.9 Å². The maximum Gasteiger partial charge on any atom is 0.261 e. The van der Waals surface area contributed by atoms with Crippen molar-refractivity contribution in [2.45, 2.75) is 51.3 Å². The average molecular weight is 446 g/mol. The summed E-state index contributed by atoms with van der Waals surface area (Å²) >= 11 is 0. The van der Waals surface area contributed by atoms with Gasteiger partial charge in [-0.25, -0.2) is 8.60 Å². The fourth-order valence-electron chi connectivity index (χ4n) is 3.32. The molecule has 6 heteroatoms. The quantitative estimate of drug-likeness (QED) is 0.447. The molecule has 0 unspecified atom stereocenters. The summed E-state index contributed by atoms with van der Waals surface area (Å²) in [5.41, 5.74) is 0. The minimum absolute atomic E-state index is 0.104. The van der Waals surface area contributed by atoms with Gasteiger partial charge >= 0.3 is 0 Å². The summed E-state index contributed by atoms with van der Waals surface area (Å²) in [7, 11) is -4.20.